The molecular formula is C59H98O6. The van der Waals surface area contributed by atoms with Crippen molar-refractivity contribution in [2.75, 3.05) is 13.2 Å². The zero-order valence-corrected chi connectivity index (χ0v) is 42.2. The van der Waals surface area contributed by atoms with Crippen LogP contribution in [0.1, 0.15) is 239 Å². The van der Waals surface area contributed by atoms with E-state index in [1.165, 1.54) is 89.9 Å². The van der Waals surface area contributed by atoms with Crippen LogP contribution in [0.3, 0.4) is 0 Å². The molecule has 0 spiro atoms. The Morgan fingerprint density at radius 2 is 0.600 bits per heavy atom. The fourth-order valence-electron chi connectivity index (χ4n) is 7.06. The highest BCUT2D eigenvalue weighted by Crippen LogP contribution is 2.14. The van der Waals surface area contributed by atoms with E-state index in [1.54, 1.807) is 0 Å². The standard InChI is InChI=1S/C59H98O6/c1-4-7-10-13-16-19-22-25-27-28-29-30-32-34-37-40-43-46-49-52-58(61)64-55-56(54-63-57(60)51-48-45-42-39-36-33-24-21-18-15-12-9-6-3)65-59(62)53-50-47-44-41-38-35-31-26-23-20-17-14-11-8-5-2/h8,11,16-17,19-20,25-27,29-31,34,37-38,41,56H,4-7,9-10,12-15,18,21-24,28,32-33,35-36,39-40,42-55H2,1-3H3/b11-8-,19-16-,20-17-,27-25-,30-29-,31-26-,37-34-,41-38-/t56-/m1/s1. The summed E-state index contributed by atoms with van der Waals surface area (Å²) in [6.45, 7) is 6.43. The summed E-state index contributed by atoms with van der Waals surface area (Å²) in [5.74, 6) is -0.979. The average Bonchev–Trinajstić information content (AvgIpc) is 3.30. The topological polar surface area (TPSA) is 78.9 Å². The maximum absolute atomic E-state index is 12.8. The Kier molecular flexibility index (Phi) is 50.0. The van der Waals surface area contributed by atoms with Crippen LogP contribution in [0.25, 0.3) is 0 Å². The lowest BCUT2D eigenvalue weighted by Gasteiger charge is -2.18. The van der Waals surface area contributed by atoms with Crippen molar-refractivity contribution in [3.8, 4) is 0 Å². The molecule has 0 aliphatic rings. The van der Waals surface area contributed by atoms with Crippen molar-refractivity contribution in [3.05, 3.63) is 97.2 Å². The van der Waals surface area contributed by atoms with E-state index in [-0.39, 0.29) is 37.5 Å². The van der Waals surface area contributed by atoms with Crippen molar-refractivity contribution in [3.63, 3.8) is 0 Å². The molecule has 0 aliphatic carbocycles. The second-order valence-corrected chi connectivity index (χ2v) is 17.4. The summed E-state index contributed by atoms with van der Waals surface area (Å²) in [7, 11) is 0. The molecule has 0 aromatic carbocycles. The summed E-state index contributed by atoms with van der Waals surface area (Å²) in [6, 6.07) is 0. The van der Waals surface area contributed by atoms with E-state index in [0.717, 1.165) is 103 Å². The summed E-state index contributed by atoms with van der Waals surface area (Å²) in [6.07, 6.45) is 69.6. The number of esters is 3. The summed E-state index contributed by atoms with van der Waals surface area (Å²) < 4.78 is 16.8. The molecule has 370 valence electrons. The number of hydrogen-bond donors (Lipinski definition) is 0. The maximum atomic E-state index is 12.8. The summed E-state index contributed by atoms with van der Waals surface area (Å²) in [5.41, 5.74) is 0. The lowest BCUT2D eigenvalue weighted by molar-refractivity contribution is -0.167. The number of allylic oxidation sites excluding steroid dienone is 16. The molecule has 6 nitrogen and oxygen atoms in total. The largest absolute Gasteiger partial charge is 0.462 e. The van der Waals surface area contributed by atoms with Gasteiger partial charge < -0.3 is 14.2 Å². The van der Waals surface area contributed by atoms with Crippen LogP contribution in [-0.4, -0.2) is 37.2 Å². The van der Waals surface area contributed by atoms with Gasteiger partial charge in [0.25, 0.3) is 0 Å². The molecule has 0 heterocycles. The molecule has 0 aliphatic heterocycles. The van der Waals surface area contributed by atoms with Crippen LogP contribution in [0.2, 0.25) is 0 Å². The van der Waals surface area contributed by atoms with E-state index in [4.69, 9.17) is 14.2 Å². The van der Waals surface area contributed by atoms with Crippen LogP contribution in [-0.2, 0) is 28.6 Å². The van der Waals surface area contributed by atoms with E-state index in [0.29, 0.717) is 19.3 Å². The third kappa shape index (κ3) is 51.2. The van der Waals surface area contributed by atoms with E-state index >= 15 is 0 Å². The van der Waals surface area contributed by atoms with Crippen LogP contribution >= 0.6 is 0 Å². The monoisotopic (exact) mass is 903 g/mol. The predicted octanol–water partition coefficient (Wildman–Crippen LogP) is 17.8. The minimum atomic E-state index is -0.811. The quantitative estimate of drug-likeness (QED) is 0.0262. The Hall–Kier alpha value is -3.67. The highest BCUT2D eigenvalue weighted by atomic mass is 16.6. The van der Waals surface area contributed by atoms with Gasteiger partial charge in [0, 0.05) is 19.3 Å². The number of ether oxygens (including phenoxy) is 3. The molecule has 1 atom stereocenters. The summed E-state index contributed by atoms with van der Waals surface area (Å²) in [4.78, 5) is 38.0. The van der Waals surface area contributed by atoms with Crippen molar-refractivity contribution in [1.29, 1.82) is 0 Å². The molecule has 0 radical (unpaired) electrons. The van der Waals surface area contributed by atoms with Gasteiger partial charge >= 0.3 is 17.9 Å². The molecule has 6 heteroatoms. The zero-order valence-electron chi connectivity index (χ0n) is 42.2. The van der Waals surface area contributed by atoms with E-state index in [1.807, 2.05) is 0 Å². The van der Waals surface area contributed by atoms with Crippen molar-refractivity contribution in [2.45, 2.75) is 245 Å². The van der Waals surface area contributed by atoms with Crippen LogP contribution in [0, 0.1) is 0 Å². The molecule has 0 rings (SSSR count). The van der Waals surface area contributed by atoms with Crippen molar-refractivity contribution < 1.29 is 28.6 Å². The Balaban J connectivity index is 4.50. The van der Waals surface area contributed by atoms with Gasteiger partial charge in [0.05, 0.1) is 0 Å². The van der Waals surface area contributed by atoms with E-state index < -0.39 is 6.10 Å². The van der Waals surface area contributed by atoms with Crippen LogP contribution in [0.15, 0.2) is 97.2 Å². The lowest BCUT2D eigenvalue weighted by atomic mass is 10.0. The molecule has 0 saturated carbocycles. The summed E-state index contributed by atoms with van der Waals surface area (Å²) in [5, 5.41) is 0. The van der Waals surface area contributed by atoms with E-state index in [9.17, 15) is 14.4 Å². The Bertz CT molecular complexity index is 1310. The zero-order chi connectivity index (χ0) is 47.2. The second-order valence-electron chi connectivity index (χ2n) is 17.4. The fraction of sp³-hybridized carbons (Fsp3) is 0.678. The van der Waals surface area contributed by atoms with Crippen LogP contribution in [0.5, 0.6) is 0 Å². The Labute approximate surface area is 400 Å². The Morgan fingerprint density at radius 3 is 1.00 bits per heavy atom. The fourth-order valence-corrected chi connectivity index (χ4v) is 7.06. The molecule has 0 aromatic rings. The minimum absolute atomic E-state index is 0.104. The van der Waals surface area contributed by atoms with Gasteiger partial charge in [0.1, 0.15) is 13.2 Å². The smallest absolute Gasteiger partial charge is 0.306 e. The summed E-state index contributed by atoms with van der Waals surface area (Å²) >= 11 is 0. The lowest BCUT2D eigenvalue weighted by Crippen LogP contribution is -2.30. The van der Waals surface area contributed by atoms with Gasteiger partial charge in [0.15, 0.2) is 6.10 Å². The highest BCUT2D eigenvalue weighted by molar-refractivity contribution is 5.71. The SMILES string of the molecule is CC/C=C\C/C=C\C/C=C\C/C=C\CCCCC(=O)O[C@@H](COC(=O)CCCCC/C=C\C/C=C\C/C=C\C/C=C\CCCCC)COC(=O)CCCCCCCCCCCCCCC. The second kappa shape index (κ2) is 52.9. The third-order valence-corrected chi connectivity index (χ3v) is 11.1. The first kappa shape index (κ1) is 61.3. The average molecular weight is 903 g/mol. The molecule has 0 N–H and O–H groups in total. The Morgan fingerprint density at radius 1 is 0.323 bits per heavy atom. The van der Waals surface area contributed by atoms with Gasteiger partial charge in [0.2, 0.25) is 0 Å². The van der Waals surface area contributed by atoms with Gasteiger partial charge in [-0.1, -0.05) is 214 Å². The number of hydrogen-bond acceptors (Lipinski definition) is 6. The minimum Gasteiger partial charge on any atom is -0.462 e. The molecule has 0 fully saturated rings. The first-order valence-corrected chi connectivity index (χ1v) is 26.7. The van der Waals surface area contributed by atoms with Crippen molar-refractivity contribution in [1.82, 2.24) is 0 Å². The highest BCUT2D eigenvalue weighted by Gasteiger charge is 2.19. The van der Waals surface area contributed by atoms with Crippen molar-refractivity contribution >= 4 is 17.9 Å². The van der Waals surface area contributed by atoms with Gasteiger partial charge in [-0.2, -0.15) is 0 Å². The number of unbranched alkanes of at least 4 members (excludes halogenated alkanes) is 20. The molecule has 0 aromatic heterocycles. The third-order valence-electron chi connectivity index (χ3n) is 11.1. The number of carbonyl (C=O) groups is 3. The van der Waals surface area contributed by atoms with E-state index in [2.05, 4.69) is 118 Å². The molecular weight excluding hydrogens is 805 g/mol. The first-order valence-electron chi connectivity index (χ1n) is 26.7. The maximum Gasteiger partial charge on any atom is 0.306 e. The first-order chi connectivity index (χ1) is 32.0. The predicted molar refractivity (Wildman–Crippen MR) is 279 cm³/mol. The van der Waals surface area contributed by atoms with Gasteiger partial charge in [-0.05, 0) is 103 Å². The van der Waals surface area contributed by atoms with Gasteiger partial charge in [-0.25, -0.2) is 0 Å². The van der Waals surface area contributed by atoms with Crippen LogP contribution in [0.4, 0.5) is 0 Å². The molecule has 0 saturated heterocycles. The van der Waals surface area contributed by atoms with Crippen molar-refractivity contribution in [2.24, 2.45) is 0 Å². The normalized spacial score (nSPS) is 12.8. The van der Waals surface area contributed by atoms with Gasteiger partial charge in [-0.15, -0.1) is 0 Å². The van der Waals surface area contributed by atoms with Gasteiger partial charge in [-0.3, -0.25) is 14.4 Å². The number of carbonyl (C=O) groups excluding carboxylic acids is 3. The molecule has 0 amide bonds. The molecule has 0 unspecified atom stereocenters. The molecule has 65 heavy (non-hydrogen) atoms. The number of rotatable bonds is 47. The molecule has 0 bridgehead atoms. The van der Waals surface area contributed by atoms with Crippen LogP contribution < -0.4 is 0 Å².